The van der Waals surface area contributed by atoms with Crippen LogP contribution in [0.15, 0.2) is 23.1 Å². The van der Waals surface area contributed by atoms with Gasteiger partial charge in [0.1, 0.15) is 6.07 Å². The summed E-state index contributed by atoms with van der Waals surface area (Å²) in [4.78, 5) is 0.755. The van der Waals surface area contributed by atoms with Crippen LogP contribution in [-0.2, 0) is 0 Å². The van der Waals surface area contributed by atoms with Crippen LogP contribution in [0.3, 0.4) is 0 Å². The second-order valence-corrected chi connectivity index (χ2v) is 2.40. The summed E-state index contributed by atoms with van der Waals surface area (Å²) < 4.78 is 0. The summed E-state index contributed by atoms with van der Waals surface area (Å²) in [6, 6.07) is 7.02. The van der Waals surface area contributed by atoms with Crippen LogP contribution in [0.2, 0.25) is 0 Å². The number of nitrogens with two attached hydrogens (primary N) is 1. The summed E-state index contributed by atoms with van der Waals surface area (Å²) in [6.07, 6.45) is 0. The van der Waals surface area contributed by atoms with Gasteiger partial charge in [-0.25, -0.2) is 0 Å². The first-order valence-corrected chi connectivity index (χ1v) is 3.17. The number of benzene rings is 1. The van der Waals surface area contributed by atoms with Crippen molar-refractivity contribution in [2.45, 2.75) is 4.90 Å². The standard InChI is InChI=1S/C7H6N2S/c8-4-5-3-6(10)1-2-7(5)9/h1-3,10H,9H2. The van der Waals surface area contributed by atoms with E-state index in [0.717, 1.165) is 4.90 Å². The second-order valence-electron chi connectivity index (χ2n) is 1.88. The molecule has 0 aliphatic carbocycles. The molecule has 10 heavy (non-hydrogen) atoms. The van der Waals surface area contributed by atoms with E-state index >= 15 is 0 Å². The van der Waals surface area contributed by atoms with Gasteiger partial charge in [0.2, 0.25) is 0 Å². The molecule has 1 rings (SSSR count). The van der Waals surface area contributed by atoms with Crippen LogP contribution in [0, 0.1) is 11.3 Å². The molecule has 0 spiro atoms. The third kappa shape index (κ3) is 1.23. The summed E-state index contributed by atoms with van der Waals surface area (Å²) >= 11 is 4.05. The quantitative estimate of drug-likeness (QED) is 0.434. The van der Waals surface area contributed by atoms with Crippen molar-refractivity contribution in [3.63, 3.8) is 0 Å². The Hall–Kier alpha value is -1.14. The molecule has 2 nitrogen and oxygen atoms in total. The van der Waals surface area contributed by atoms with E-state index in [9.17, 15) is 0 Å². The first-order valence-electron chi connectivity index (χ1n) is 2.72. The topological polar surface area (TPSA) is 49.8 Å². The van der Waals surface area contributed by atoms with Gasteiger partial charge in [0.05, 0.1) is 5.56 Å². The summed E-state index contributed by atoms with van der Waals surface area (Å²) in [5, 5.41) is 8.48. The molecule has 0 saturated carbocycles. The molecule has 50 valence electrons. The van der Waals surface area contributed by atoms with Crippen LogP contribution >= 0.6 is 12.6 Å². The third-order valence-electron chi connectivity index (χ3n) is 1.16. The van der Waals surface area contributed by atoms with Crippen LogP contribution in [0.1, 0.15) is 5.56 Å². The Morgan fingerprint density at radius 3 is 2.70 bits per heavy atom. The number of rotatable bonds is 0. The fraction of sp³-hybridized carbons (Fsp3) is 0. The normalized spacial score (nSPS) is 8.80. The Bertz CT molecular complexity index is 288. The van der Waals surface area contributed by atoms with Gasteiger partial charge in [0.15, 0.2) is 0 Å². The zero-order chi connectivity index (χ0) is 7.56. The SMILES string of the molecule is N#Cc1cc(S)ccc1N. The number of thiol groups is 1. The van der Waals surface area contributed by atoms with Gasteiger partial charge in [0.25, 0.3) is 0 Å². The van der Waals surface area contributed by atoms with E-state index in [-0.39, 0.29) is 0 Å². The van der Waals surface area contributed by atoms with E-state index in [1.165, 1.54) is 0 Å². The average molecular weight is 150 g/mol. The lowest BCUT2D eigenvalue weighted by molar-refractivity contribution is 1.41. The van der Waals surface area contributed by atoms with E-state index in [4.69, 9.17) is 11.0 Å². The molecular formula is C7H6N2S. The van der Waals surface area contributed by atoms with E-state index in [1.54, 1.807) is 18.2 Å². The highest BCUT2D eigenvalue weighted by atomic mass is 32.1. The predicted octanol–water partition coefficient (Wildman–Crippen LogP) is 1.43. The maximum atomic E-state index is 8.48. The highest BCUT2D eigenvalue weighted by Crippen LogP contribution is 2.14. The zero-order valence-electron chi connectivity index (χ0n) is 5.20. The number of anilines is 1. The molecule has 1 aromatic rings. The fourth-order valence-corrected chi connectivity index (χ4v) is 0.845. The third-order valence-corrected chi connectivity index (χ3v) is 1.44. The lowest BCUT2D eigenvalue weighted by Gasteiger charge is -1.95. The van der Waals surface area contributed by atoms with Crippen LogP contribution in [0.5, 0.6) is 0 Å². The highest BCUT2D eigenvalue weighted by molar-refractivity contribution is 7.80. The van der Waals surface area contributed by atoms with Crippen molar-refractivity contribution in [2.24, 2.45) is 0 Å². The van der Waals surface area contributed by atoms with Crippen molar-refractivity contribution in [3.8, 4) is 6.07 Å². The van der Waals surface area contributed by atoms with E-state index in [1.807, 2.05) is 6.07 Å². The van der Waals surface area contributed by atoms with E-state index < -0.39 is 0 Å². The van der Waals surface area contributed by atoms with Gasteiger partial charge in [-0.1, -0.05) is 0 Å². The molecule has 1 aromatic carbocycles. The molecule has 0 fully saturated rings. The molecule has 0 atom stereocenters. The van der Waals surface area contributed by atoms with Crippen LogP contribution in [0.4, 0.5) is 5.69 Å². The molecule has 0 heterocycles. The number of hydrogen-bond donors (Lipinski definition) is 2. The Morgan fingerprint density at radius 2 is 2.20 bits per heavy atom. The van der Waals surface area contributed by atoms with Gasteiger partial charge in [-0.3, -0.25) is 0 Å². The van der Waals surface area contributed by atoms with Crippen LogP contribution in [-0.4, -0.2) is 0 Å². The maximum absolute atomic E-state index is 8.48. The van der Waals surface area contributed by atoms with Gasteiger partial charge in [0, 0.05) is 10.6 Å². The van der Waals surface area contributed by atoms with Crippen LogP contribution < -0.4 is 5.73 Å². The molecule has 3 heteroatoms. The molecule has 2 N–H and O–H groups in total. The second kappa shape index (κ2) is 2.63. The predicted molar refractivity (Wildman–Crippen MR) is 42.8 cm³/mol. The van der Waals surface area contributed by atoms with Gasteiger partial charge < -0.3 is 5.73 Å². The molecule has 0 radical (unpaired) electrons. The Kier molecular flexibility index (Phi) is 1.83. The molecule has 0 aliphatic rings. The number of hydrogen-bond acceptors (Lipinski definition) is 3. The van der Waals surface area contributed by atoms with Crippen molar-refractivity contribution in [1.29, 1.82) is 5.26 Å². The van der Waals surface area contributed by atoms with Gasteiger partial charge >= 0.3 is 0 Å². The minimum absolute atomic E-state index is 0.479. The zero-order valence-corrected chi connectivity index (χ0v) is 6.10. The number of nitrogens with zero attached hydrogens (tertiary/aromatic N) is 1. The van der Waals surface area contributed by atoms with E-state index in [0.29, 0.717) is 11.3 Å². The van der Waals surface area contributed by atoms with Crippen molar-refractivity contribution in [2.75, 3.05) is 5.73 Å². The average Bonchev–Trinajstić information content (AvgIpc) is 1.94. The molecule has 0 bridgehead atoms. The smallest absolute Gasteiger partial charge is 0.101 e. The molecular weight excluding hydrogens is 144 g/mol. The van der Waals surface area contributed by atoms with Crippen LogP contribution in [0.25, 0.3) is 0 Å². The minimum Gasteiger partial charge on any atom is -0.398 e. The van der Waals surface area contributed by atoms with Gasteiger partial charge in [-0.15, -0.1) is 12.6 Å². The van der Waals surface area contributed by atoms with Crippen molar-refractivity contribution in [3.05, 3.63) is 23.8 Å². The van der Waals surface area contributed by atoms with Gasteiger partial charge in [-0.2, -0.15) is 5.26 Å². The summed E-state index contributed by atoms with van der Waals surface area (Å²) in [6.45, 7) is 0. The molecule has 0 aliphatic heterocycles. The lowest BCUT2D eigenvalue weighted by Crippen LogP contribution is -1.88. The van der Waals surface area contributed by atoms with Gasteiger partial charge in [-0.05, 0) is 18.2 Å². The highest BCUT2D eigenvalue weighted by Gasteiger charge is 1.95. The van der Waals surface area contributed by atoms with Crippen molar-refractivity contribution < 1.29 is 0 Å². The minimum atomic E-state index is 0.479. The summed E-state index contributed by atoms with van der Waals surface area (Å²) in [5.41, 5.74) is 6.42. The molecule has 0 aromatic heterocycles. The maximum Gasteiger partial charge on any atom is 0.101 e. The number of nitriles is 1. The Balaban J connectivity index is 3.25. The Morgan fingerprint density at radius 1 is 1.50 bits per heavy atom. The Labute approximate surface area is 64.7 Å². The monoisotopic (exact) mass is 150 g/mol. The molecule has 0 unspecified atom stereocenters. The van der Waals surface area contributed by atoms with Crippen molar-refractivity contribution in [1.82, 2.24) is 0 Å². The lowest BCUT2D eigenvalue weighted by atomic mass is 10.2. The largest absolute Gasteiger partial charge is 0.398 e. The summed E-state index contributed by atoms with van der Waals surface area (Å²) in [5.74, 6) is 0. The van der Waals surface area contributed by atoms with E-state index in [2.05, 4.69) is 12.6 Å². The molecule has 0 saturated heterocycles. The summed E-state index contributed by atoms with van der Waals surface area (Å²) in [7, 11) is 0. The molecule has 0 amide bonds. The van der Waals surface area contributed by atoms with Crippen molar-refractivity contribution >= 4 is 18.3 Å². The fourth-order valence-electron chi connectivity index (χ4n) is 0.641. The first kappa shape index (κ1) is 6.97. The number of nitrogen functional groups attached to an aromatic ring is 1. The first-order chi connectivity index (χ1) is 4.74.